The molecular formula is C27H30FN5O. The highest BCUT2D eigenvalue weighted by Crippen LogP contribution is 2.24. The Balaban J connectivity index is 1.23. The van der Waals surface area contributed by atoms with Crippen molar-refractivity contribution < 1.29 is 9.18 Å². The molecule has 0 atom stereocenters. The van der Waals surface area contributed by atoms with Crippen LogP contribution in [0.5, 0.6) is 0 Å². The SMILES string of the molecule is O=C(c1cccc(Nc2cc(-c3ccc(F)cc3)ncn2)c1)N1CCC(N2CCCCC2)CC1. The molecule has 0 aliphatic carbocycles. The lowest BCUT2D eigenvalue weighted by atomic mass is 9.99. The van der Waals surface area contributed by atoms with Crippen molar-refractivity contribution in [2.24, 2.45) is 0 Å². The fourth-order valence-corrected chi connectivity index (χ4v) is 4.98. The highest BCUT2D eigenvalue weighted by atomic mass is 19.1. The van der Waals surface area contributed by atoms with E-state index in [0.717, 1.165) is 37.2 Å². The van der Waals surface area contributed by atoms with Gasteiger partial charge in [-0.1, -0.05) is 12.5 Å². The molecule has 5 rings (SSSR count). The van der Waals surface area contributed by atoms with E-state index in [9.17, 15) is 9.18 Å². The molecule has 1 amide bonds. The summed E-state index contributed by atoms with van der Waals surface area (Å²) in [6, 6.07) is 16.2. The van der Waals surface area contributed by atoms with Gasteiger partial charge in [0.05, 0.1) is 5.69 Å². The van der Waals surface area contributed by atoms with Gasteiger partial charge in [-0.3, -0.25) is 4.79 Å². The highest BCUT2D eigenvalue weighted by molar-refractivity contribution is 5.95. The number of benzene rings is 2. The van der Waals surface area contributed by atoms with Crippen LogP contribution in [0.1, 0.15) is 42.5 Å². The molecule has 2 aliphatic heterocycles. The van der Waals surface area contributed by atoms with Crippen LogP contribution in [0.15, 0.2) is 60.9 Å². The van der Waals surface area contributed by atoms with E-state index in [1.807, 2.05) is 35.2 Å². The number of anilines is 2. The first-order valence-corrected chi connectivity index (χ1v) is 12.1. The van der Waals surface area contributed by atoms with Gasteiger partial charge in [0.2, 0.25) is 0 Å². The van der Waals surface area contributed by atoms with Crippen molar-refractivity contribution in [3.8, 4) is 11.3 Å². The Kier molecular flexibility index (Phi) is 6.81. The number of amides is 1. The molecule has 0 radical (unpaired) electrons. The standard InChI is InChI=1S/C27H30FN5O/c28-22-9-7-20(8-10-22)25-18-26(30-19-29-25)31-23-6-4-5-21(17-23)27(34)33-15-11-24(12-16-33)32-13-2-1-3-14-32/h4-10,17-19,24H,1-3,11-16H2,(H,29,30,31). The fourth-order valence-electron chi connectivity index (χ4n) is 4.98. The number of carbonyl (C=O) groups is 1. The molecule has 3 aromatic rings. The summed E-state index contributed by atoms with van der Waals surface area (Å²) < 4.78 is 13.2. The van der Waals surface area contributed by atoms with Crippen molar-refractivity contribution in [3.63, 3.8) is 0 Å². The first-order valence-electron chi connectivity index (χ1n) is 12.1. The molecule has 2 saturated heterocycles. The van der Waals surface area contributed by atoms with Gasteiger partial charge in [-0.2, -0.15) is 0 Å². The van der Waals surface area contributed by atoms with E-state index in [1.165, 1.54) is 50.8 Å². The molecule has 6 nitrogen and oxygen atoms in total. The Bertz CT molecular complexity index is 1120. The number of rotatable bonds is 5. The van der Waals surface area contributed by atoms with Crippen LogP contribution in [-0.4, -0.2) is 57.9 Å². The number of carbonyl (C=O) groups excluding carboxylic acids is 1. The Hall–Kier alpha value is -3.32. The molecule has 0 saturated carbocycles. The fraction of sp³-hybridized carbons (Fsp3) is 0.370. The average Bonchev–Trinajstić information content (AvgIpc) is 2.90. The minimum Gasteiger partial charge on any atom is -0.340 e. The molecule has 176 valence electrons. The maximum atomic E-state index is 13.2. The van der Waals surface area contributed by atoms with Crippen LogP contribution < -0.4 is 5.32 Å². The van der Waals surface area contributed by atoms with Gasteiger partial charge in [0.25, 0.3) is 5.91 Å². The minimum absolute atomic E-state index is 0.0791. The van der Waals surface area contributed by atoms with Crippen LogP contribution in [0.25, 0.3) is 11.3 Å². The quantitative estimate of drug-likeness (QED) is 0.574. The molecule has 2 aromatic carbocycles. The van der Waals surface area contributed by atoms with Gasteiger partial charge in [0, 0.05) is 42.0 Å². The van der Waals surface area contributed by atoms with Gasteiger partial charge < -0.3 is 15.1 Å². The summed E-state index contributed by atoms with van der Waals surface area (Å²) in [5.74, 6) is 0.407. The summed E-state index contributed by atoms with van der Waals surface area (Å²) in [5.41, 5.74) is 2.97. The largest absolute Gasteiger partial charge is 0.340 e. The van der Waals surface area contributed by atoms with Crippen LogP contribution in [-0.2, 0) is 0 Å². The van der Waals surface area contributed by atoms with Gasteiger partial charge in [0.1, 0.15) is 18.0 Å². The summed E-state index contributed by atoms with van der Waals surface area (Å²) in [7, 11) is 0. The number of nitrogens with zero attached hydrogens (tertiary/aromatic N) is 4. The number of hydrogen-bond donors (Lipinski definition) is 1. The van der Waals surface area contributed by atoms with Crippen molar-refractivity contribution in [1.29, 1.82) is 0 Å². The Morgan fingerprint density at radius 3 is 2.44 bits per heavy atom. The van der Waals surface area contributed by atoms with E-state index in [2.05, 4.69) is 20.2 Å². The van der Waals surface area contributed by atoms with Crippen LogP contribution in [0.2, 0.25) is 0 Å². The second-order valence-electron chi connectivity index (χ2n) is 9.12. The lowest BCUT2D eigenvalue weighted by Crippen LogP contribution is -2.48. The summed E-state index contributed by atoms with van der Waals surface area (Å²) in [5, 5.41) is 3.27. The number of nitrogens with one attached hydrogen (secondary N) is 1. The zero-order valence-electron chi connectivity index (χ0n) is 19.3. The molecule has 3 heterocycles. The maximum absolute atomic E-state index is 13.2. The molecule has 0 bridgehead atoms. The van der Waals surface area contributed by atoms with E-state index < -0.39 is 0 Å². The monoisotopic (exact) mass is 459 g/mol. The van der Waals surface area contributed by atoms with Gasteiger partial charge in [-0.15, -0.1) is 0 Å². The predicted molar refractivity (Wildman–Crippen MR) is 132 cm³/mol. The number of likely N-dealkylation sites (tertiary alicyclic amines) is 2. The first kappa shape index (κ1) is 22.5. The van der Waals surface area contributed by atoms with Gasteiger partial charge in [-0.05, 0) is 81.2 Å². The van der Waals surface area contributed by atoms with Crippen LogP contribution in [0.3, 0.4) is 0 Å². The molecule has 1 aromatic heterocycles. The third-order valence-corrected chi connectivity index (χ3v) is 6.85. The van der Waals surface area contributed by atoms with Crippen LogP contribution >= 0.6 is 0 Å². The summed E-state index contributed by atoms with van der Waals surface area (Å²) in [6.45, 7) is 4.03. The van der Waals surface area contributed by atoms with Crippen molar-refractivity contribution in [1.82, 2.24) is 19.8 Å². The number of halogens is 1. The topological polar surface area (TPSA) is 61.4 Å². The molecule has 34 heavy (non-hydrogen) atoms. The van der Waals surface area contributed by atoms with Gasteiger partial charge >= 0.3 is 0 Å². The second kappa shape index (κ2) is 10.3. The molecule has 2 aliphatic rings. The maximum Gasteiger partial charge on any atom is 0.253 e. The van der Waals surface area contributed by atoms with E-state index in [-0.39, 0.29) is 11.7 Å². The summed E-state index contributed by atoms with van der Waals surface area (Å²) >= 11 is 0. The van der Waals surface area contributed by atoms with E-state index in [4.69, 9.17) is 0 Å². The van der Waals surface area contributed by atoms with Crippen molar-refractivity contribution in [3.05, 3.63) is 72.3 Å². The predicted octanol–water partition coefficient (Wildman–Crippen LogP) is 5.12. The van der Waals surface area contributed by atoms with Crippen molar-refractivity contribution >= 4 is 17.4 Å². The van der Waals surface area contributed by atoms with E-state index >= 15 is 0 Å². The van der Waals surface area contributed by atoms with E-state index in [0.29, 0.717) is 23.1 Å². The summed E-state index contributed by atoms with van der Waals surface area (Å²) in [6.07, 6.45) is 7.53. The molecule has 2 fully saturated rings. The third kappa shape index (κ3) is 5.25. The second-order valence-corrected chi connectivity index (χ2v) is 9.12. The molecule has 0 spiro atoms. The average molecular weight is 460 g/mol. The van der Waals surface area contributed by atoms with Gasteiger partial charge in [-0.25, -0.2) is 14.4 Å². The lowest BCUT2D eigenvalue weighted by molar-refractivity contribution is 0.0590. The van der Waals surface area contributed by atoms with Crippen molar-refractivity contribution in [2.45, 2.75) is 38.1 Å². The van der Waals surface area contributed by atoms with Gasteiger partial charge in [0.15, 0.2) is 0 Å². The van der Waals surface area contributed by atoms with Crippen molar-refractivity contribution in [2.75, 3.05) is 31.5 Å². The third-order valence-electron chi connectivity index (χ3n) is 6.85. The lowest BCUT2D eigenvalue weighted by Gasteiger charge is -2.40. The number of hydrogen-bond acceptors (Lipinski definition) is 5. The minimum atomic E-state index is -0.284. The number of aromatic nitrogens is 2. The Labute approximate surface area is 199 Å². The van der Waals surface area contributed by atoms with Crippen LogP contribution in [0.4, 0.5) is 15.9 Å². The molecule has 7 heteroatoms. The molecular weight excluding hydrogens is 429 g/mol. The summed E-state index contributed by atoms with van der Waals surface area (Å²) in [4.78, 5) is 26.4. The zero-order chi connectivity index (χ0) is 23.3. The Morgan fingerprint density at radius 1 is 0.912 bits per heavy atom. The van der Waals surface area contributed by atoms with Crippen LogP contribution in [0, 0.1) is 5.82 Å². The first-order chi connectivity index (χ1) is 16.7. The molecule has 1 N–H and O–H groups in total. The smallest absolute Gasteiger partial charge is 0.253 e. The zero-order valence-corrected chi connectivity index (χ0v) is 19.3. The van der Waals surface area contributed by atoms with E-state index in [1.54, 1.807) is 12.1 Å². The molecule has 0 unspecified atom stereocenters. The number of piperidine rings is 2. The normalized spacial score (nSPS) is 17.5. The Morgan fingerprint density at radius 2 is 1.68 bits per heavy atom. The highest BCUT2D eigenvalue weighted by Gasteiger charge is 2.28.